The normalized spacial score (nSPS) is 10.8. The van der Waals surface area contributed by atoms with Crippen LogP contribution in [-0.2, 0) is 6.54 Å². The first-order valence-corrected chi connectivity index (χ1v) is 8.60. The molecule has 0 bridgehead atoms. The van der Waals surface area contributed by atoms with Gasteiger partial charge in [-0.15, -0.1) is 0 Å². The first kappa shape index (κ1) is 20.0. The predicted octanol–water partition coefficient (Wildman–Crippen LogP) is 1.97. The highest BCUT2D eigenvalue weighted by atomic mass is 16.2. The van der Waals surface area contributed by atoms with E-state index in [1.54, 1.807) is 12.1 Å². The zero-order valence-electron chi connectivity index (χ0n) is 15.2. The van der Waals surface area contributed by atoms with Crippen LogP contribution in [-0.4, -0.2) is 49.1 Å². The third-order valence-corrected chi connectivity index (χ3v) is 3.70. The number of rotatable bonds is 9. The molecule has 3 amide bonds. The summed E-state index contributed by atoms with van der Waals surface area (Å²) in [6.07, 6.45) is 0. The lowest BCUT2D eigenvalue weighted by Crippen LogP contribution is -2.39. The van der Waals surface area contributed by atoms with Gasteiger partial charge >= 0.3 is 6.03 Å². The summed E-state index contributed by atoms with van der Waals surface area (Å²) < 4.78 is 0. The molecule has 0 radical (unpaired) electrons. The summed E-state index contributed by atoms with van der Waals surface area (Å²) in [5.74, 6) is -0.0702. The topological polar surface area (TPSA) is 73.5 Å². The van der Waals surface area contributed by atoms with E-state index in [4.69, 9.17) is 0 Å². The minimum atomic E-state index is -0.191. The summed E-state index contributed by atoms with van der Waals surface area (Å²) in [6.45, 7) is 11.9. The van der Waals surface area contributed by atoms with Crippen LogP contribution in [0.2, 0.25) is 0 Å². The van der Waals surface area contributed by atoms with Crippen LogP contribution in [0, 0.1) is 0 Å². The average Bonchev–Trinajstić information content (AvgIpc) is 2.56. The SMILES string of the molecule is CCN(CC)CCNC(=O)c1ccc(CNC(=O)NC(C)C)cc1. The Kier molecular flexibility index (Phi) is 8.86. The Hall–Kier alpha value is -2.08. The summed E-state index contributed by atoms with van der Waals surface area (Å²) in [6, 6.07) is 7.19. The van der Waals surface area contributed by atoms with E-state index in [2.05, 4.69) is 34.7 Å². The monoisotopic (exact) mass is 334 g/mol. The average molecular weight is 334 g/mol. The summed E-state index contributed by atoms with van der Waals surface area (Å²) >= 11 is 0. The Morgan fingerprint density at radius 1 is 1.04 bits per heavy atom. The molecule has 134 valence electrons. The fraction of sp³-hybridized carbons (Fsp3) is 0.556. The lowest BCUT2D eigenvalue weighted by atomic mass is 10.1. The summed E-state index contributed by atoms with van der Waals surface area (Å²) in [4.78, 5) is 25.9. The van der Waals surface area contributed by atoms with E-state index in [-0.39, 0.29) is 18.0 Å². The molecule has 0 fully saturated rings. The van der Waals surface area contributed by atoms with Gasteiger partial charge < -0.3 is 20.9 Å². The van der Waals surface area contributed by atoms with E-state index >= 15 is 0 Å². The minimum absolute atomic E-state index is 0.0702. The summed E-state index contributed by atoms with van der Waals surface area (Å²) in [5.41, 5.74) is 1.58. The number of hydrogen-bond acceptors (Lipinski definition) is 3. The van der Waals surface area contributed by atoms with Gasteiger partial charge in [-0.2, -0.15) is 0 Å². The van der Waals surface area contributed by atoms with Crippen LogP contribution in [0.25, 0.3) is 0 Å². The zero-order chi connectivity index (χ0) is 17.9. The van der Waals surface area contributed by atoms with Crippen molar-refractivity contribution in [2.45, 2.75) is 40.3 Å². The van der Waals surface area contributed by atoms with Gasteiger partial charge in [-0.25, -0.2) is 4.79 Å². The van der Waals surface area contributed by atoms with Crippen molar-refractivity contribution in [1.82, 2.24) is 20.9 Å². The van der Waals surface area contributed by atoms with Crippen molar-refractivity contribution >= 4 is 11.9 Å². The molecule has 0 spiro atoms. The Balaban J connectivity index is 2.40. The molecule has 6 nitrogen and oxygen atoms in total. The van der Waals surface area contributed by atoms with E-state index in [1.165, 1.54) is 0 Å². The van der Waals surface area contributed by atoms with E-state index in [0.717, 1.165) is 25.2 Å². The molecule has 0 aliphatic heterocycles. The zero-order valence-corrected chi connectivity index (χ0v) is 15.2. The predicted molar refractivity (Wildman–Crippen MR) is 97.1 cm³/mol. The largest absolute Gasteiger partial charge is 0.351 e. The number of carbonyl (C=O) groups is 2. The van der Waals surface area contributed by atoms with Gasteiger partial charge in [-0.3, -0.25) is 4.79 Å². The lowest BCUT2D eigenvalue weighted by Gasteiger charge is -2.18. The number of nitrogens with one attached hydrogen (secondary N) is 3. The fourth-order valence-electron chi connectivity index (χ4n) is 2.24. The molecule has 1 aromatic rings. The molecule has 6 heteroatoms. The van der Waals surface area contributed by atoms with Crippen molar-refractivity contribution in [2.24, 2.45) is 0 Å². The maximum absolute atomic E-state index is 12.1. The van der Waals surface area contributed by atoms with Crippen LogP contribution in [0.15, 0.2) is 24.3 Å². The van der Waals surface area contributed by atoms with Crippen LogP contribution in [0.3, 0.4) is 0 Å². The Labute approximate surface area is 145 Å². The van der Waals surface area contributed by atoms with Crippen molar-refractivity contribution in [3.63, 3.8) is 0 Å². The third kappa shape index (κ3) is 7.46. The van der Waals surface area contributed by atoms with Gasteiger partial charge in [-0.05, 0) is 44.6 Å². The van der Waals surface area contributed by atoms with Crippen molar-refractivity contribution in [3.8, 4) is 0 Å². The Bertz CT molecular complexity index is 510. The number of benzene rings is 1. The molecule has 1 rings (SSSR count). The first-order valence-electron chi connectivity index (χ1n) is 8.60. The van der Waals surface area contributed by atoms with E-state index < -0.39 is 0 Å². The van der Waals surface area contributed by atoms with Crippen LogP contribution >= 0.6 is 0 Å². The number of hydrogen-bond donors (Lipinski definition) is 3. The van der Waals surface area contributed by atoms with Gasteiger partial charge in [0.15, 0.2) is 0 Å². The second-order valence-corrected chi connectivity index (χ2v) is 5.96. The van der Waals surface area contributed by atoms with Gasteiger partial charge in [0, 0.05) is 31.2 Å². The molecule has 0 atom stereocenters. The van der Waals surface area contributed by atoms with Crippen molar-refractivity contribution < 1.29 is 9.59 Å². The second kappa shape index (κ2) is 10.6. The molecule has 0 saturated heterocycles. The second-order valence-electron chi connectivity index (χ2n) is 5.96. The van der Waals surface area contributed by atoms with Crippen LogP contribution in [0.5, 0.6) is 0 Å². The molecule has 0 unspecified atom stereocenters. The Morgan fingerprint density at radius 2 is 1.67 bits per heavy atom. The highest BCUT2D eigenvalue weighted by Crippen LogP contribution is 2.04. The summed E-state index contributed by atoms with van der Waals surface area (Å²) in [5, 5.41) is 8.48. The highest BCUT2D eigenvalue weighted by Gasteiger charge is 2.07. The van der Waals surface area contributed by atoms with E-state index in [1.807, 2.05) is 26.0 Å². The molecule has 0 aliphatic carbocycles. The molecule has 1 aromatic carbocycles. The molecule has 0 saturated carbocycles. The molecule has 0 heterocycles. The molecule has 24 heavy (non-hydrogen) atoms. The van der Waals surface area contributed by atoms with E-state index in [0.29, 0.717) is 18.7 Å². The number of nitrogens with zero attached hydrogens (tertiary/aromatic N) is 1. The molecule has 0 aliphatic rings. The number of urea groups is 1. The van der Waals surface area contributed by atoms with E-state index in [9.17, 15) is 9.59 Å². The molecular weight excluding hydrogens is 304 g/mol. The van der Waals surface area contributed by atoms with Crippen molar-refractivity contribution in [2.75, 3.05) is 26.2 Å². The first-order chi connectivity index (χ1) is 11.5. The van der Waals surface area contributed by atoms with Crippen LogP contribution < -0.4 is 16.0 Å². The van der Waals surface area contributed by atoms with Crippen molar-refractivity contribution in [1.29, 1.82) is 0 Å². The summed E-state index contributed by atoms with van der Waals surface area (Å²) in [7, 11) is 0. The van der Waals surface area contributed by atoms with Gasteiger partial charge in [0.1, 0.15) is 0 Å². The Morgan fingerprint density at radius 3 is 2.21 bits per heavy atom. The lowest BCUT2D eigenvalue weighted by molar-refractivity contribution is 0.0949. The van der Waals surface area contributed by atoms with Crippen LogP contribution in [0.1, 0.15) is 43.6 Å². The smallest absolute Gasteiger partial charge is 0.315 e. The maximum atomic E-state index is 12.1. The number of amides is 3. The number of likely N-dealkylation sites (N-methyl/N-ethyl adjacent to an activating group) is 1. The number of carbonyl (C=O) groups excluding carboxylic acids is 2. The van der Waals surface area contributed by atoms with Crippen molar-refractivity contribution in [3.05, 3.63) is 35.4 Å². The quantitative estimate of drug-likeness (QED) is 0.646. The molecule has 0 aromatic heterocycles. The van der Waals surface area contributed by atoms with Gasteiger partial charge in [0.25, 0.3) is 5.91 Å². The third-order valence-electron chi connectivity index (χ3n) is 3.70. The molecular formula is C18H30N4O2. The molecule has 3 N–H and O–H groups in total. The fourth-order valence-corrected chi connectivity index (χ4v) is 2.24. The van der Waals surface area contributed by atoms with Gasteiger partial charge in [0.2, 0.25) is 0 Å². The van der Waals surface area contributed by atoms with Crippen LogP contribution in [0.4, 0.5) is 4.79 Å². The standard InChI is InChI=1S/C18H30N4O2/c1-5-22(6-2)12-11-19-17(23)16-9-7-15(8-10-16)13-20-18(24)21-14(3)4/h7-10,14H,5-6,11-13H2,1-4H3,(H,19,23)(H2,20,21,24). The maximum Gasteiger partial charge on any atom is 0.315 e. The minimum Gasteiger partial charge on any atom is -0.351 e. The van der Waals surface area contributed by atoms with Gasteiger partial charge in [-0.1, -0.05) is 26.0 Å². The highest BCUT2D eigenvalue weighted by molar-refractivity contribution is 5.94. The van der Waals surface area contributed by atoms with Gasteiger partial charge in [0.05, 0.1) is 0 Å².